The summed E-state index contributed by atoms with van der Waals surface area (Å²) in [5, 5.41) is 14.2. The van der Waals surface area contributed by atoms with Crippen LogP contribution >= 0.6 is 0 Å². The van der Waals surface area contributed by atoms with Crippen molar-refractivity contribution in [3.8, 4) is 0 Å². The second-order valence-electron chi connectivity index (χ2n) is 11.1. The van der Waals surface area contributed by atoms with Crippen molar-refractivity contribution in [1.29, 1.82) is 0 Å². The summed E-state index contributed by atoms with van der Waals surface area (Å²) in [6.45, 7) is 9.78. The standard InChI is InChI=1S/C30H37N7O/c1-20-10-12-23-19-25(30(38)31-26(23)17-20)28(29-32-33-34-37(29)24-7-5-4-6-8-24)36-15-13-35(14-16-36)27-18-21(2)9-11-22(27)3/h9-12,17-19,24,28H,4-8,13-16H2,1-3H3,(H,31,38)/t28-/m1/s1. The van der Waals surface area contributed by atoms with Gasteiger partial charge in [-0.15, -0.1) is 5.10 Å². The highest BCUT2D eigenvalue weighted by Crippen LogP contribution is 2.34. The van der Waals surface area contributed by atoms with Crippen molar-refractivity contribution < 1.29 is 0 Å². The van der Waals surface area contributed by atoms with Crippen LogP contribution in [-0.2, 0) is 0 Å². The molecule has 1 aliphatic heterocycles. The van der Waals surface area contributed by atoms with Crippen LogP contribution in [-0.4, -0.2) is 56.3 Å². The molecule has 198 valence electrons. The average Bonchev–Trinajstić information content (AvgIpc) is 3.41. The van der Waals surface area contributed by atoms with Crippen LogP contribution in [0.15, 0.2) is 47.3 Å². The Morgan fingerprint density at radius 3 is 2.42 bits per heavy atom. The van der Waals surface area contributed by atoms with E-state index in [1.807, 2.05) is 17.7 Å². The number of aromatic nitrogens is 5. The molecule has 0 spiro atoms. The Morgan fingerprint density at radius 1 is 0.895 bits per heavy atom. The lowest BCUT2D eigenvalue weighted by molar-refractivity contribution is 0.192. The highest BCUT2D eigenvalue weighted by atomic mass is 16.1. The molecule has 8 nitrogen and oxygen atoms in total. The summed E-state index contributed by atoms with van der Waals surface area (Å²) in [4.78, 5) is 21.6. The summed E-state index contributed by atoms with van der Waals surface area (Å²) >= 11 is 0. The van der Waals surface area contributed by atoms with Crippen LogP contribution in [0.2, 0.25) is 0 Å². The molecular weight excluding hydrogens is 474 g/mol. The quantitative estimate of drug-likeness (QED) is 0.412. The Bertz CT molecular complexity index is 1490. The maximum Gasteiger partial charge on any atom is 0.253 e. The van der Waals surface area contributed by atoms with Gasteiger partial charge < -0.3 is 9.88 Å². The van der Waals surface area contributed by atoms with Crippen molar-refractivity contribution in [2.45, 2.75) is 65.0 Å². The average molecular weight is 512 g/mol. The molecule has 1 N–H and O–H groups in total. The minimum Gasteiger partial charge on any atom is -0.369 e. The van der Waals surface area contributed by atoms with Gasteiger partial charge in [-0.25, -0.2) is 4.68 Å². The number of nitrogens with zero attached hydrogens (tertiary/aromatic N) is 6. The van der Waals surface area contributed by atoms with Crippen molar-refractivity contribution in [2.24, 2.45) is 0 Å². The van der Waals surface area contributed by atoms with Gasteiger partial charge in [0.2, 0.25) is 0 Å². The highest BCUT2D eigenvalue weighted by Gasteiger charge is 2.34. The summed E-state index contributed by atoms with van der Waals surface area (Å²) in [5.74, 6) is 0.786. The highest BCUT2D eigenvalue weighted by molar-refractivity contribution is 5.79. The molecule has 2 aromatic carbocycles. The Kier molecular flexibility index (Phi) is 6.74. The molecule has 1 aliphatic carbocycles. The molecule has 1 saturated heterocycles. The molecule has 1 atom stereocenters. The number of aryl methyl sites for hydroxylation is 3. The summed E-state index contributed by atoms with van der Waals surface area (Å²) in [6, 6.07) is 14.9. The van der Waals surface area contributed by atoms with Gasteiger partial charge in [-0.3, -0.25) is 9.69 Å². The monoisotopic (exact) mass is 511 g/mol. The number of rotatable bonds is 5. The van der Waals surface area contributed by atoms with Gasteiger partial charge in [0.15, 0.2) is 5.82 Å². The number of tetrazole rings is 1. The molecule has 0 amide bonds. The summed E-state index contributed by atoms with van der Waals surface area (Å²) in [6.07, 6.45) is 5.82. The number of H-pyrrole nitrogens is 1. The van der Waals surface area contributed by atoms with E-state index in [0.29, 0.717) is 5.56 Å². The number of aromatic amines is 1. The second kappa shape index (κ2) is 10.3. The maximum absolute atomic E-state index is 13.6. The molecule has 0 radical (unpaired) electrons. The lowest BCUT2D eigenvalue weighted by Crippen LogP contribution is -2.49. The minimum atomic E-state index is -0.304. The van der Waals surface area contributed by atoms with E-state index >= 15 is 0 Å². The second-order valence-corrected chi connectivity index (χ2v) is 11.1. The van der Waals surface area contributed by atoms with Crippen LogP contribution in [0.3, 0.4) is 0 Å². The van der Waals surface area contributed by atoms with Crippen LogP contribution in [0.25, 0.3) is 10.9 Å². The van der Waals surface area contributed by atoms with Crippen molar-refractivity contribution >= 4 is 16.6 Å². The van der Waals surface area contributed by atoms with Gasteiger partial charge in [-0.05, 0) is 84.3 Å². The predicted molar refractivity (Wildman–Crippen MR) is 151 cm³/mol. The van der Waals surface area contributed by atoms with Crippen LogP contribution in [0, 0.1) is 20.8 Å². The van der Waals surface area contributed by atoms with Crippen LogP contribution in [0.1, 0.15) is 72.3 Å². The molecule has 8 heteroatoms. The molecule has 38 heavy (non-hydrogen) atoms. The van der Waals surface area contributed by atoms with Crippen molar-refractivity contribution in [3.63, 3.8) is 0 Å². The van der Waals surface area contributed by atoms with Crippen molar-refractivity contribution in [2.75, 3.05) is 31.1 Å². The van der Waals surface area contributed by atoms with E-state index < -0.39 is 0 Å². The maximum atomic E-state index is 13.6. The Balaban J connectivity index is 1.38. The zero-order valence-electron chi connectivity index (χ0n) is 22.7. The third-order valence-electron chi connectivity index (χ3n) is 8.39. The first kappa shape index (κ1) is 24.8. The van der Waals surface area contributed by atoms with Crippen LogP contribution < -0.4 is 10.5 Å². The molecule has 2 aromatic heterocycles. The fourth-order valence-corrected chi connectivity index (χ4v) is 6.28. The van der Waals surface area contributed by atoms with E-state index in [9.17, 15) is 4.79 Å². The SMILES string of the molecule is Cc1ccc(C)c(N2CCN([C@H](c3cc4ccc(C)cc4[nH]c3=O)c3nnnn3C3CCCCC3)CC2)c1. The third kappa shape index (κ3) is 4.73. The van der Waals surface area contributed by atoms with Crippen molar-refractivity contribution in [3.05, 3.63) is 80.9 Å². The van der Waals surface area contributed by atoms with E-state index in [0.717, 1.165) is 61.3 Å². The zero-order chi connectivity index (χ0) is 26.2. The van der Waals surface area contributed by atoms with Gasteiger partial charge in [0.05, 0.1) is 6.04 Å². The number of piperazine rings is 1. The Morgan fingerprint density at radius 2 is 1.63 bits per heavy atom. The summed E-state index contributed by atoms with van der Waals surface area (Å²) < 4.78 is 2.03. The van der Waals surface area contributed by atoms with Crippen LogP contribution in [0.5, 0.6) is 0 Å². The van der Waals surface area contributed by atoms with Crippen molar-refractivity contribution in [1.82, 2.24) is 30.1 Å². The number of anilines is 1. The van der Waals surface area contributed by atoms with Gasteiger partial charge in [0.1, 0.15) is 6.04 Å². The number of fused-ring (bicyclic) bond motifs is 1. The first-order valence-electron chi connectivity index (χ1n) is 14.0. The Hall–Kier alpha value is -3.52. The van der Waals surface area contributed by atoms with E-state index in [1.54, 1.807) is 0 Å². The smallest absolute Gasteiger partial charge is 0.253 e. The zero-order valence-corrected chi connectivity index (χ0v) is 22.7. The van der Waals surface area contributed by atoms with E-state index in [-0.39, 0.29) is 17.6 Å². The topological polar surface area (TPSA) is 82.9 Å². The van der Waals surface area contributed by atoms with Gasteiger partial charge in [-0.1, -0.05) is 43.5 Å². The predicted octanol–water partition coefficient (Wildman–Crippen LogP) is 4.86. The number of hydrogen-bond acceptors (Lipinski definition) is 6. The van der Waals surface area contributed by atoms with Gasteiger partial charge in [-0.2, -0.15) is 0 Å². The minimum absolute atomic E-state index is 0.0664. The molecule has 3 heterocycles. The first-order valence-corrected chi connectivity index (χ1v) is 14.0. The van der Waals surface area contributed by atoms with Gasteiger partial charge >= 0.3 is 0 Å². The summed E-state index contributed by atoms with van der Waals surface area (Å²) in [5.41, 5.74) is 6.51. The normalized spacial score (nSPS) is 18.2. The van der Waals surface area contributed by atoms with E-state index in [1.165, 1.54) is 36.1 Å². The lowest BCUT2D eigenvalue weighted by atomic mass is 9.95. The third-order valence-corrected chi connectivity index (χ3v) is 8.39. The molecule has 2 fully saturated rings. The number of benzene rings is 2. The first-order chi connectivity index (χ1) is 18.5. The lowest BCUT2D eigenvalue weighted by Gasteiger charge is -2.40. The molecule has 6 rings (SSSR count). The summed E-state index contributed by atoms with van der Waals surface area (Å²) in [7, 11) is 0. The van der Waals surface area contributed by atoms with E-state index in [2.05, 4.69) is 80.6 Å². The number of pyridine rings is 1. The molecule has 0 unspecified atom stereocenters. The largest absolute Gasteiger partial charge is 0.369 e. The molecule has 4 aromatic rings. The fourth-order valence-electron chi connectivity index (χ4n) is 6.28. The number of hydrogen-bond donors (Lipinski definition) is 1. The number of nitrogens with one attached hydrogen (secondary N) is 1. The van der Waals surface area contributed by atoms with Crippen LogP contribution in [0.4, 0.5) is 5.69 Å². The Labute approximate surface area is 223 Å². The molecule has 0 bridgehead atoms. The molecular formula is C30H37N7O. The van der Waals surface area contributed by atoms with E-state index in [4.69, 9.17) is 0 Å². The fraction of sp³-hybridized carbons (Fsp3) is 0.467. The molecule has 1 saturated carbocycles. The van der Waals surface area contributed by atoms with Gasteiger partial charge in [0.25, 0.3) is 5.56 Å². The van der Waals surface area contributed by atoms with Gasteiger partial charge in [0, 0.05) is 42.9 Å². The molecule has 2 aliphatic rings.